The minimum absolute atomic E-state index is 0.243. The minimum Gasteiger partial charge on any atom is -0.435 e. The molecule has 2 heterocycles. The van der Waals surface area contributed by atoms with Gasteiger partial charge in [0.15, 0.2) is 11.6 Å². The van der Waals surface area contributed by atoms with E-state index in [1.165, 1.54) is 18.5 Å². The predicted molar refractivity (Wildman–Crippen MR) is 107 cm³/mol. The first kappa shape index (κ1) is 17.7. The minimum atomic E-state index is -0.278. The number of anilines is 2. The van der Waals surface area contributed by atoms with Gasteiger partial charge in [0.1, 0.15) is 23.3 Å². The van der Waals surface area contributed by atoms with Crippen LogP contribution in [0.1, 0.15) is 11.3 Å². The van der Waals surface area contributed by atoms with Crippen LogP contribution in [0.15, 0.2) is 60.9 Å². The van der Waals surface area contributed by atoms with Crippen molar-refractivity contribution in [1.82, 2.24) is 15.0 Å². The summed E-state index contributed by atoms with van der Waals surface area (Å²) in [6.07, 6.45) is 1.38. The third-order valence-electron chi connectivity index (χ3n) is 4.25. The Bertz CT molecular complexity index is 1130. The molecule has 0 fully saturated rings. The molecule has 3 N–H and O–H groups in total. The molecule has 4 aromatic rings. The van der Waals surface area contributed by atoms with Crippen LogP contribution in [-0.4, -0.2) is 15.0 Å². The van der Waals surface area contributed by atoms with E-state index in [1.54, 1.807) is 12.1 Å². The van der Waals surface area contributed by atoms with Gasteiger partial charge in [0.25, 0.3) is 0 Å². The molecule has 4 rings (SSSR count). The fourth-order valence-electron chi connectivity index (χ4n) is 2.79. The molecule has 140 valence electrons. The zero-order valence-electron chi connectivity index (χ0n) is 15.2. The quantitative estimate of drug-likeness (QED) is 0.536. The number of halogens is 1. The van der Waals surface area contributed by atoms with Crippen LogP contribution in [0.3, 0.4) is 0 Å². The number of ether oxygens (including phenoxy) is 1. The number of nitrogens with zero attached hydrogens (tertiary/aromatic N) is 3. The Kier molecular flexibility index (Phi) is 4.72. The van der Waals surface area contributed by atoms with Crippen molar-refractivity contribution in [2.45, 2.75) is 13.5 Å². The van der Waals surface area contributed by atoms with Crippen molar-refractivity contribution in [2.24, 2.45) is 0 Å². The van der Waals surface area contributed by atoms with Crippen LogP contribution in [0, 0.1) is 12.7 Å². The SMILES string of the molecule is Cc1ccc2cccc(Oc3ncnc(NCc4ccc(F)cc4)c3N)c2n1. The molecule has 7 heteroatoms. The monoisotopic (exact) mass is 375 g/mol. The molecule has 0 saturated carbocycles. The van der Waals surface area contributed by atoms with Crippen molar-refractivity contribution in [3.63, 3.8) is 0 Å². The molecule has 0 radical (unpaired) electrons. The molecule has 0 spiro atoms. The number of para-hydroxylation sites is 1. The number of aryl methyl sites for hydroxylation is 1. The Morgan fingerprint density at radius 2 is 1.86 bits per heavy atom. The van der Waals surface area contributed by atoms with Gasteiger partial charge in [-0.25, -0.2) is 14.4 Å². The third kappa shape index (κ3) is 3.68. The van der Waals surface area contributed by atoms with Crippen LogP contribution in [0.4, 0.5) is 15.9 Å². The van der Waals surface area contributed by atoms with Crippen LogP contribution < -0.4 is 15.8 Å². The lowest BCUT2D eigenvalue weighted by molar-refractivity contribution is 0.468. The van der Waals surface area contributed by atoms with E-state index in [4.69, 9.17) is 10.5 Å². The van der Waals surface area contributed by atoms with E-state index in [0.29, 0.717) is 18.1 Å². The van der Waals surface area contributed by atoms with Gasteiger partial charge in [-0.05, 0) is 36.8 Å². The summed E-state index contributed by atoms with van der Waals surface area (Å²) in [5, 5.41) is 4.09. The van der Waals surface area contributed by atoms with Gasteiger partial charge in [0, 0.05) is 17.6 Å². The van der Waals surface area contributed by atoms with Gasteiger partial charge in [-0.2, -0.15) is 4.98 Å². The number of pyridine rings is 1. The molecule has 0 unspecified atom stereocenters. The lowest BCUT2D eigenvalue weighted by Gasteiger charge is -2.13. The van der Waals surface area contributed by atoms with Crippen molar-refractivity contribution in [2.75, 3.05) is 11.1 Å². The summed E-state index contributed by atoms with van der Waals surface area (Å²) in [6, 6.07) is 15.8. The first-order chi connectivity index (χ1) is 13.6. The molecule has 2 aromatic heterocycles. The fraction of sp³-hybridized carbons (Fsp3) is 0.0952. The van der Waals surface area contributed by atoms with E-state index < -0.39 is 0 Å². The van der Waals surface area contributed by atoms with Crippen LogP contribution in [0.2, 0.25) is 0 Å². The molecule has 6 nitrogen and oxygen atoms in total. The number of nitrogens with one attached hydrogen (secondary N) is 1. The number of nitrogens with two attached hydrogens (primary N) is 1. The van der Waals surface area contributed by atoms with Gasteiger partial charge in [-0.15, -0.1) is 0 Å². The van der Waals surface area contributed by atoms with Crippen molar-refractivity contribution in [1.29, 1.82) is 0 Å². The second-order valence-electron chi connectivity index (χ2n) is 6.30. The summed E-state index contributed by atoms with van der Waals surface area (Å²) in [5.41, 5.74) is 9.01. The summed E-state index contributed by atoms with van der Waals surface area (Å²) in [7, 11) is 0. The Hall–Kier alpha value is -3.74. The maximum Gasteiger partial charge on any atom is 0.248 e. The van der Waals surface area contributed by atoms with Crippen molar-refractivity contribution >= 4 is 22.4 Å². The maximum atomic E-state index is 13.0. The first-order valence-corrected chi connectivity index (χ1v) is 8.73. The molecule has 0 aliphatic rings. The van der Waals surface area contributed by atoms with Crippen LogP contribution in [0.25, 0.3) is 10.9 Å². The molecule has 0 aliphatic heterocycles. The number of benzene rings is 2. The van der Waals surface area contributed by atoms with E-state index in [9.17, 15) is 4.39 Å². The average molecular weight is 375 g/mol. The summed E-state index contributed by atoms with van der Waals surface area (Å²) in [5.74, 6) is 0.974. The van der Waals surface area contributed by atoms with Gasteiger partial charge in [-0.3, -0.25) is 0 Å². The van der Waals surface area contributed by atoms with E-state index in [-0.39, 0.29) is 17.4 Å². The van der Waals surface area contributed by atoms with E-state index in [1.807, 2.05) is 37.3 Å². The summed E-state index contributed by atoms with van der Waals surface area (Å²) >= 11 is 0. The van der Waals surface area contributed by atoms with Gasteiger partial charge < -0.3 is 15.8 Å². The molecular weight excluding hydrogens is 357 g/mol. The number of rotatable bonds is 5. The largest absolute Gasteiger partial charge is 0.435 e. The number of fused-ring (bicyclic) bond motifs is 1. The number of nitrogen functional groups attached to an aromatic ring is 1. The average Bonchev–Trinajstić information content (AvgIpc) is 2.70. The second-order valence-corrected chi connectivity index (χ2v) is 6.30. The Labute approximate surface area is 161 Å². The zero-order chi connectivity index (χ0) is 19.5. The van der Waals surface area contributed by atoms with Crippen molar-refractivity contribution in [3.05, 3.63) is 78.0 Å². The predicted octanol–water partition coefficient (Wildman–Crippen LogP) is 4.46. The van der Waals surface area contributed by atoms with Gasteiger partial charge >= 0.3 is 0 Å². The molecular formula is C21H18FN5O. The molecule has 28 heavy (non-hydrogen) atoms. The lowest BCUT2D eigenvalue weighted by Crippen LogP contribution is -2.07. The van der Waals surface area contributed by atoms with Gasteiger partial charge in [0.2, 0.25) is 5.88 Å². The highest BCUT2D eigenvalue weighted by molar-refractivity contribution is 5.85. The molecule has 0 saturated heterocycles. The van der Waals surface area contributed by atoms with Crippen LogP contribution >= 0.6 is 0 Å². The first-order valence-electron chi connectivity index (χ1n) is 8.73. The molecule has 0 aliphatic carbocycles. The topological polar surface area (TPSA) is 86.0 Å². The van der Waals surface area contributed by atoms with Gasteiger partial charge in [0.05, 0.1) is 0 Å². The number of hydrogen-bond donors (Lipinski definition) is 2. The lowest BCUT2D eigenvalue weighted by atomic mass is 10.2. The summed E-state index contributed by atoms with van der Waals surface area (Å²) < 4.78 is 19.0. The second kappa shape index (κ2) is 7.48. The molecule has 0 bridgehead atoms. The smallest absolute Gasteiger partial charge is 0.248 e. The molecule has 0 atom stereocenters. The number of hydrogen-bond acceptors (Lipinski definition) is 6. The highest BCUT2D eigenvalue weighted by Gasteiger charge is 2.12. The highest BCUT2D eigenvalue weighted by atomic mass is 19.1. The third-order valence-corrected chi connectivity index (χ3v) is 4.25. The highest BCUT2D eigenvalue weighted by Crippen LogP contribution is 2.33. The zero-order valence-corrected chi connectivity index (χ0v) is 15.2. The fourth-order valence-corrected chi connectivity index (χ4v) is 2.79. The Morgan fingerprint density at radius 1 is 1.04 bits per heavy atom. The Balaban J connectivity index is 1.59. The van der Waals surface area contributed by atoms with Crippen molar-refractivity contribution in [3.8, 4) is 11.6 Å². The van der Waals surface area contributed by atoms with Crippen LogP contribution in [0.5, 0.6) is 11.6 Å². The van der Waals surface area contributed by atoms with E-state index in [0.717, 1.165) is 22.2 Å². The maximum absolute atomic E-state index is 13.0. The standard InChI is InChI=1S/C21H18FN5O/c1-13-5-8-15-3-2-4-17(19(15)27-13)28-21-18(23)20(25-12-26-21)24-11-14-6-9-16(22)10-7-14/h2-10,12H,11,23H2,1H3,(H,24,25,26). The van der Waals surface area contributed by atoms with Crippen molar-refractivity contribution < 1.29 is 9.13 Å². The van der Waals surface area contributed by atoms with E-state index in [2.05, 4.69) is 20.3 Å². The Morgan fingerprint density at radius 3 is 2.68 bits per heavy atom. The number of aromatic nitrogens is 3. The van der Waals surface area contributed by atoms with Gasteiger partial charge in [-0.1, -0.05) is 30.3 Å². The molecule has 2 aromatic carbocycles. The normalized spacial score (nSPS) is 10.8. The summed E-state index contributed by atoms with van der Waals surface area (Å²) in [4.78, 5) is 12.9. The molecule has 0 amide bonds. The summed E-state index contributed by atoms with van der Waals surface area (Å²) in [6.45, 7) is 2.36. The van der Waals surface area contributed by atoms with Crippen LogP contribution in [-0.2, 0) is 6.54 Å². The van der Waals surface area contributed by atoms with E-state index >= 15 is 0 Å².